The maximum Gasteiger partial charge on any atom is 0.222 e. The van der Waals surface area contributed by atoms with E-state index in [9.17, 15) is 9.59 Å². The molecule has 0 fully saturated rings. The molecule has 0 saturated heterocycles. The molecule has 84 heavy (non-hydrogen) atoms. The van der Waals surface area contributed by atoms with Crippen LogP contribution in [0.2, 0.25) is 0 Å². The van der Waals surface area contributed by atoms with Gasteiger partial charge in [-0.15, -0.1) is 0 Å². The molecule has 0 saturated carbocycles. The summed E-state index contributed by atoms with van der Waals surface area (Å²) in [6.45, 7) is 23.9. The summed E-state index contributed by atoms with van der Waals surface area (Å²) in [5.41, 5.74) is 0. The second-order valence-electron chi connectivity index (χ2n) is 16.8. The Kier molecular flexibility index (Phi) is 76.9. The Morgan fingerprint density at radius 3 is 0.381 bits per heavy atom. The fourth-order valence-electron chi connectivity index (χ4n) is 5.82. The molecule has 0 aromatic rings. The van der Waals surface area contributed by atoms with Crippen LogP contribution in [-0.2, 0) is 128 Å². The predicted molar refractivity (Wildman–Crippen MR) is 313 cm³/mol. The van der Waals surface area contributed by atoms with Crippen molar-refractivity contribution in [3.63, 3.8) is 0 Å². The predicted octanol–water partition coefficient (Wildman–Crippen LogP) is 0.889. The fraction of sp³-hybridized carbons (Fsp3) is 0.964. The first-order chi connectivity index (χ1) is 41.7. The highest BCUT2D eigenvalue weighted by atomic mass is 127. The second kappa shape index (κ2) is 78.0. The van der Waals surface area contributed by atoms with Gasteiger partial charge >= 0.3 is 0 Å². The van der Waals surface area contributed by atoms with Gasteiger partial charge < -0.3 is 124 Å². The summed E-state index contributed by atoms with van der Waals surface area (Å²) in [5, 5.41) is 2.54. The van der Waals surface area contributed by atoms with E-state index in [1.54, 1.807) is 29.6 Å². The standard InChI is InChI=1S/C55H108INO27/c1-57-55(59)3-5-61-7-9-63-11-13-65-15-17-67-19-21-69-23-25-71-27-29-73-31-33-75-35-37-77-39-41-79-43-45-81-47-49-83-51-53-84-52-50-82-48-46-80-44-42-78-40-38-76-36-34-74-32-30-72-28-26-70-24-22-68-20-18-66-16-14-64-12-10-62-8-6-60-4-2-54(56)58/h2-53H2,1H3,(H,57,59). The molecule has 0 heterocycles. The molecule has 0 aliphatic carbocycles. The van der Waals surface area contributed by atoms with Gasteiger partial charge in [0.15, 0.2) is 3.79 Å². The van der Waals surface area contributed by atoms with Gasteiger partial charge in [0.1, 0.15) is 0 Å². The molecular formula is C55H108INO27. The van der Waals surface area contributed by atoms with E-state index in [1.165, 1.54) is 0 Å². The number of halogens is 1. The lowest BCUT2D eigenvalue weighted by atomic mass is 10.4. The van der Waals surface area contributed by atoms with Crippen LogP contribution in [-0.4, -0.2) is 347 Å². The Morgan fingerprint density at radius 1 is 0.190 bits per heavy atom. The zero-order valence-corrected chi connectivity index (χ0v) is 52.8. The molecule has 0 unspecified atom stereocenters. The van der Waals surface area contributed by atoms with E-state index in [2.05, 4.69) is 5.32 Å². The van der Waals surface area contributed by atoms with Crippen LogP contribution >= 0.6 is 22.6 Å². The summed E-state index contributed by atoms with van der Waals surface area (Å²) < 4.78 is 137. The van der Waals surface area contributed by atoms with Crippen LogP contribution in [0.5, 0.6) is 0 Å². The van der Waals surface area contributed by atoms with Crippen molar-refractivity contribution in [3.8, 4) is 0 Å². The molecule has 29 heteroatoms. The summed E-state index contributed by atoms with van der Waals surface area (Å²) in [5.74, 6) is -0.0424. The van der Waals surface area contributed by atoms with Crippen LogP contribution in [0.3, 0.4) is 0 Å². The highest BCUT2D eigenvalue weighted by Crippen LogP contribution is 1.94. The van der Waals surface area contributed by atoms with Crippen molar-refractivity contribution >= 4 is 32.3 Å². The van der Waals surface area contributed by atoms with E-state index in [1.807, 2.05) is 0 Å². The molecule has 0 aromatic heterocycles. The molecule has 502 valence electrons. The Bertz CT molecular complexity index is 1250. The van der Waals surface area contributed by atoms with E-state index in [4.69, 9.17) is 118 Å². The van der Waals surface area contributed by atoms with Gasteiger partial charge in [-0.2, -0.15) is 0 Å². The molecule has 0 aliphatic rings. The first-order valence-corrected chi connectivity index (χ1v) is 30.6. The summed E-state index contributed by atoms with van der Waals surface area (Å²) in [6.07, 6.45) is 0.767. The molecule has 0 aromatic carbocycles. The first kappa shape index (κ1) is 82.9. The summed E-state index contributed by atoms with van der Waals surface area (Å²) in [7, 11) is 1.60. The molecule has 28 nitrogen and oxygen atoms in total. The van der Waals surface area contributed by atoms with Gasteiger partial charge in [0, 0.05) is 19.9 Å². The molecule has 1 amide bonds. The number of carbonyl (C=O) groups excluding carboxylic acids is 2. The maximum absolute atomic E-state index is 11.1. The minimum absolute atomic E-state index is 0.0424. The molecular weight excluding hydrogens is 1230 g/mol. The number of hydrogen-bond acceptors (Lipinski definition) is 27. The van der Waals surface area contributed by atoms with Crippen LogP contribution in [0, 0.1) is 0 Å². The van der Waals surface area contributed by atoms with Gasteiger partial charge in [-0.1, -0.05) is 0 Å². The van der Waals surface area contributed by atoms with Crippen molar-refractivity contribution in [3.05, 3.63) is 0 Å². The molecule has 0 atom stereocenters. The molecule has 1 N–H and O–H groups in total. The minimum atomic E-state index is -0.0424. The van der Waals surface area contributed by atoms with Crippen molar-refractivity contribution in [1.82, 2.24) is 5.32 Å². The van der Waals surface area contributed by atoms with Gasteiger partial charge in [0.05, 0.1) is 330 Å². The van der Waals surface area contributed by atoms with Gasteiger partial charge in [0.25, 0.3) is 0 Å². The number of hydrogen-bond donors (Lipinski definition) is 1. The van der Waals surface area contributed by atoms with E-state index >= 15 is 0 Å². The largest absolute Gasteiger partial charge is 0.379 e. The lowest BCUT2D eigenvalue weighted by Crippen LogP contribution is -2.20. The van der Waals surface area contributed by atoms with E-state index in [-0.39, 0.29) is 9.70 Å². The highest BCUT2D eigenvalue weighted by molar-refractivity contribution is 14.1. The summed E-state index contributed by atoms with van der Waals surface area (Å²) in [4.78, 5) is 21.9. The number of carbonyl (C=O) groups is 2. The number of amides is 1. The third-order valence-corrected chi connectivity index (χ3v) is 10.7. The normalized spacial score (nSPS) is 11.6. The van der Waals surface area contributed by atoms with Crippen molar-refractivity contribution in [2.75, 3.05) is 337 Å². The SMILES string of the molecule is CNC(=O)CCOCCOCCOCCOCCOCCOCCOCCOCCOCCOCCOCCOCCOCCOCCOCCOCCOCCOCCOCCOCCOCCOCCOCCOCCOCCC(=O)I. The molecule has 0 bridgehead atoms. The van der Waals surface area contributed by atoms with Crippen LogP contribution < -0.4 is 5.32 Å². The third kappa shape index (κ3) is 78.9. The maximum atomic E-state index is 11.1. The van der Waals surface area contributed by atoms with Crippen LogP contribution in [0.15, 0.2) is 0 Å². The van der Waals surface area contributed by atoms with Crippen LogP contribution in [0.25, 0.3) is 0 Å². The topological polar surface area (TPSA) is 277 Å². The van der Waals surface area contributed by atoms with Gasteiger partial charge in [-0.3, -0.25) is 9.59 Å². The third-order valence-electron chi connectivity index (χ3n) is 10.1. The zero-order chi connectivity index (χ0) is 60.3. The minimum Gasteiger partial charge on any atom is -0.379 e. The Morgan fingerprint density at radius 2 is 0.286 bits per heavy atom. The lowest BCUT2D eigenvalue weighted by Gasteiger charge is -2.09. The Balaban J connectivity index is 3.09. The average Bonchev–Trinajstić information content (AvgIpc) is 3.49. The quantitative estimate of drug-likeness (QED) is 0.0503. The smallest absolute Gasteiger partial charge is 0.222 e. The molecule has 0 aliphatic heterocycles. The monoisotopic (exact) mass is 1340 g/mol. The summed E-state index contributed by atoms with van der Waals surface area (Å²) in [6, 6.07) is 0. The Hall–Kier alpha value is -1.13. The zero-order valence-electron chi connectivity index (χ0n) is 50.7. The molecule has 0 rings (SSSR count). The fourth-order valence-corrected chi connectivity index (χ4v) is 6.04. The van der Waals surface area contributed by atoms with Crippen molar-refractivity contribution in [2.45, 2.75) is 12.8 Å². The van der Waals surface area contributed by atoms with E-state index in [0.29, 0.717) is 343 Å². The lowest BCUT2D eigenvalue weighted by molar-refractivity contribution is -0.121. The second-order valence-corrected chi connectivity index (χ2v) is 18.0. The van der Waals surface area contributed by atoms with E-state index < -0.39 is 0 Å². The van der Waals surface area contributed by atoms with Gasteiger partial charge in [-0.25, -0.2) is 0 Å². The van der Waals surface area contributed by atoms with Crippen LogP contribution in [0.4, 0.5) is 0 Å². The highest BCUT2D eigenvalue weighted by Gasteiger charge is 2.02. The van der Waals surface area contributed by atoms with Crippen molar-refractivity contribution < 1.29 is 128 Å². The van der Waals surface area contributed by atoms with E-state index in [0.717, 1.165) is 0 Å². The first-order valence-electron chi connectivity index (χ1n) is 29.5. The number of ether oxygens (including phenoxy) is 25. The van der Waals surface area contributed by atoms with Gasteiger partial charge in [-0.05, 0) is 22.6 Å². The molecule has 0 radical (unpaired) electrons. The number of nitrogens with one attached hydrogen (secondary N) is 1. The number of rotatable bonds is 78. The average molecular weight is 1340 g/mol. The van der Waals surface area contributed by atoms with Gasteiger partial charge in [0.2, 0.25) is 5.91 Å². The molecule has 0 spiro atoms. The summed E-state index contributed by atoms with van der Waals surface area (Å²) >= 11 is 1.76. The van der Waals surface area contributed by atoms with Crippen molar-refractivity contribution in [1.29, 1.82) is 0 Å². The Labute approximate surface area is 513 Å². The van der Waals surface area contributed by atoms with Crippen LogP contribution in [0.1, 0.15) is 12.8 Å². The van der Waals surface area contributed by atoms with Crippen molar-refractivity contribution in [2.24, 2.45) is 0 Å².